The van der Waals surface area contributed by atoms with Gasteiger partial charge in [-0.1, -0.05) is 0 Å². The van der Waals surface area contributed by atoms with Crippen molar-refractivity contribution in [1.82, 2.24) is 0 Å². The average Bonchev–Trinajstić information content (AvgIpc) is 2.08. The second-order valence-electron chi connectivity index (χ2n) is 2.55. The van der Waals surface area contributed by atoms with Crippen LogP contribution in [-0.2, 0) is 4.79 Å². The molecule has 0 saturated carbocycles. The van der Waals surface area contributed by atoms with Gasteiger partial charge in [-0.3, -0.25) is 0 Å². The number of rotatable bonds is 2. The van der Waals surface area contributed by atoms with Gasteiger partial charge in [-0.05, 0) is 34.1 Å². The Hall–Kier alpha value is -0.940. The van der Waals surface area contributed by atoms with E-state index in [1.165, 1.54) is 18.2 Å². The number of carbonyl (C=O) groups is 1. The zero-order chi connectivity index (χ0) is 10.0. The van der Waals surface area contributed by atoms with Crippen molar-refractivity contribution in [2.75, 3.05) is 0 Å². The molecule has 13 heavy (non-hydrogen) atoms. The maximum Gasteiger partial charge on any atom is 0.150 e. The monoisotopic (exact) mass is 247 g/mol. The van der Waals surface area contributed by atoms with Gasteiger partial charge in [0.25, 0.3) is 0 Å². The van der Waals surface area contributed by atoms with E-state index in [-0.39, 0.29) is 4.47 Å². The average molecular weight is 248 g/mol. The van der Waals surface area contributed by atoms with Crippen LogP contribution in [0.3, 0.4) is 0 Å². The second kappa shape index (κ2) is 3.85. The molecule has 0 unspecified atom stereocenters. The number of hydrogen-bond donors (Lipinski definition) is 1. The van der Waals surface area contributed by atoms with Gasteiger partial charge in [0.1, 0.15) is 11.8 Å². The maximum absolute atomic E-state index is 12.7. The summed E-state index contributed by atoms with van der Waals surface area (Å²) in [5.41, 5.74) is 3.78. The van der Waals surface area contributed by atoms with Crippen LogP contribution in [0.2, 0.25) is 0 Å². The minimum atomic E-state index is -1.28. The molecule has 0 spiro atoms. The lowest BCUT2D eigenvalue weighted by Gasteiger charge is -2.09. The number of carbonyl (C=O) groups excluding carboxylic acids is 1. The number of halogens is 2. The van der Waals surface area contributed by atoms with Gasteiger partial charge < -0.3 is 15.6 Å². The molecule has 1 atom stereocenters. The lowest BCUT2D eigenvalue weighted by atomic mass is 10.1. The Balaban J connectivity index is 3.03. The van der Waals surface area contributed by atoms with E-state index in [1.54, 1.807) is 0 Å². The van der Waals surface area contributed by atoms with Crippen molar-refractivity contribution in [3.8, 4) is 0 Å². The highest BCUT2D eigenvalue weighted by molar-refractivity contribution is 9.10. The fraction of sp³-hybridized carbons (Fsp3) is 0.125. The maximum atomic E-state index is 12.7. The first-order valence-corrected chi connectivity index (χ1v) is 4.30. The molecule has 3 N–H and O–H groups in total. The molecule has 0 saturated heterocycles. The Kier molecular flexibility index (Phi) is 3.00. The number of benzene rings is 1. The summed E-state index contributed by atoms with van der Waals surface area (Å²) < 4.78 is 13.0. The van der Waals surface area contributed by atoms with E-state index in [1.807, 2.05) is 0 Å². The fourth-order valence-electron chi connectivity index (χ4n) is 0.865. The Bertz CT molecular complexity index is 343. The van der Waals surface area contributed by atoms with Gasteiger partial charge in [0.2, 0.25) is 0 Å². The van der Waals surface area contributed by atoms with E-state index in [0.717, 1.165) is 0 Å². The topological polar surface area (TPSA) is 67.8 Å². The van der Waals surface area contributed by atoms with E-state index >= 15 is 0 Å². The Morgan fingerprint density at radius 3 is 2.69 bits per heavy atom. The summed E-state index contributed by atoms with van der Waals surface area (Å²) in [6.07, 6.45) is 0. The highest BCUT2D eigenvalue weighted by atomic mass is 79.9. The lowest BCUT2D eigenvalue weighted by Crippen LogP contribution is -2.61. The van der Waals surface area contributed by atoms with Crippen molar-refractivity contribution in [1.29, 1.82) is 0 Å². The fourth-order valence-corrected chi connectivity index (χ4v) is 1.26. The Morgan fingerprint density at radius 2 is 2.23 bits per heavy atom. The molecule has 0 fully saturated rings. The molecule has 0 aromatic heterocycles. The van der Waals surface area contributed by atoms with Gasteiger partial charge in [0.15, 0.2) is 6.04 Å². The van der Waals surface area contributed by atoms with E-state index in [9.17, 15) is 14.3 Å². The van der Waals surface area contributed by atoms with Gasteiger partial charge in [-0.15, -0.1) is 0 Å². The Morgan fingerprint density at radius 1 is 1.62 bits per heavy atom. The highest BCUT2D eigenvalue weighted by Gasteiger charge is 2.11. The van der Waals surface area contributed by atoms with Crippen LogP contribution >= 0.6 is 15.9 Å². The lowest BCUT2D eigenvalue weighted by molar-refractivity contribution is -0.443. The molecule has 0 radical (unpaired) electrons. The SMILES string of the molecule is [NH3+][C@@H](C(=O)[O-])c1ccc(F)c(Br)c1. The standard InChI is InChI=1S/C8H7BrFNO2/c9-5-3-4(1-2-6(5)10)7(11)8(12)13/h1-3,7H,11H2,(H,12,13)/t7-/m1/s1. The van der Waals surface area contributed by atoms with Crippen LogP contribution in [-0.4, -0.2) is 5.97 Å². The second-order valence-corrected chi connectivity index (χ2v) is 3.40. The minimum Gasteiger partial charge on any atom is -0.544 e. The number of hydrogen-bond acceptors (Lipinski definition) is 2. The molecular weight excluding hydrogens is 241 g/mol. The normalized spacial score (nSPS) is 12.5. The third kappa shape index (κ3) is 2.26. The molecule has 0 aliphatic carbocycles. The first kappa shape index (κ1) is 10.1. The third-order valence-electron chi connectivity index (χ3n) is 1.63. The smallest absolute Gasteiger partial charge is 0.150 e. The number of carboxylic acids is 1. The van der Waals surface area contributed by atoms with E-state index in [0.29, 0.717) is 5.56 Å². The largest absolute Gasteiger partial charge is 0.544 e. The van der Waals surface area contributed by atoms with E-state index < -0.39 is 17.8 Å². The summed E-state index contributed by atoms with van der Waals surface area (Å²) in [6.45, 7) is 0. The molecule has 0 heterocycles. The van der Waals surface area contributed by atoms with Gasteiger partial charge >= 0.3 is 0 Å². The van der Waals surface area contributed by atoms with Crippen LogP contribution in [0.5, 0.6) is 0 Å². The van der Waals surface area contributed by atoms with E-state index in [4.69, 9.17) is 0 Å². The summed E-state index contributed by atoms with van der Waals surface area (Å²) in [4.78, 5) is 10.4. The van der Waals surface area contributed by atoms with Gasteiger partial charge in [0.05, 0.1) is 4.47 Å². The molecule has 3 nitrogen and oxygen atoms in total. The number of carboxylic acid groups (broad SMARTS) is 1. The summed E-state index contributed by atoms with van der Waals surface area (Å²) in [6, 6.07) is 2.95. The summed E-state index contributed by atoms with van der Waals surface area (Å²) in [5.74, 6) is -1.71. The molecule has 1 aromatic carbocycles. The summed E-state index contributed by atoms with van der Waals surface area (Å²) in [5, 5.41) is 10.4. The molecule has 0 bridgehead atoms. The van der Waals surface area contributed by atoms with Crippen molar-refractivity contribution in [3.63, 3.8) is 0 Å². The third-order valence-corrected chi connectivity index (χ3v) is 2.24. The molecule has 70 valence electrons. The van der Waals surface area contributed by atoms with Crippen molar-refractivity contribution in [3.05, 3.63) is 34.1 Å². The van der Waals surface area contributed by atoms with Crippen LogP contribution in [0.15, 0.2) is 22.7 Å². The van der Waals surface area contributed by atoms with Crippen LogP contribution in [0, 0.1) is 5.82 Å². The predicted molar refractivity (Wildman–Crippen MR) is 44.7 cm³/mol. The molecule has 0 aliphatic rings. The molecular formula is C8H7BrFNO2. The molecule has 1 aromatic rings. The van der Waals surface area contributed by atoms with Crippen molar-refractivity contribution < 1.29 is 20.0 Å². The van der Waals surface area contributed by atoms with Gasteiger partial charge in [-0.2, -0.15) is 0 Å². The van der Waals surface area contributed by atoms with Crippen molar-refractivity contribution in [2.24, 2.45) is 0 Å². The Labute approximate surface area is 82.5 Å². The van der Waals surface area contributed by atoms with Crippen LogP contribution in [0.4, 0.5) is 4.39 Å². The number of quaternary nitrogens is 1. The zero-order valence-corrected chi connectivity index (χ0v) is 8.17. The van der Waals surface area contributed by atoms with E-state index in [2.05, 4.69) is 21.7 Å². The molecule has 1 rings (SSSR count). The van der Waals surface area contributed by atoms with Crippen molar-refractivity contribution >= 4 is 21.9 Å². The van der Waals surface area contributed by atoms with Crippen LogP contribution in [0.25, 0.3) is 0 Å². The predicted octanol–water partition coefficient (Wildman–Crippen LogP) is -0.379. The molecule has 0 aliphatic heterocycles. The minimum absolute atomic E-state index is 0.222. The van der Waals surface area contributed by atoms with Crippen molar-refractivity contribution in [2.45, 2.75) is 6.04 Å². The summed E-state index contributed by atoms with van der Waals surface area (Å²) >= 11 is 2.95. The number of aliphatic carboxylic acids is 1. The highest BCUT2D eigenvalue weighted by Crippen LogP contribution is 2.19. The van der Waals surface area contributed by atoms with Gasteiger partial charge in [-0.25, -0.2) is 4.39 Å². The first-order chi connectivity index (χ1) is 6.02. The first-order valence-electron chi connectivity index (χ1n) is 3.51. The van der Waals surface area contributed by atoms with Crippen LogP contribution < -0.4 is 10.8 Å². The quantitative estimate of drug-likeness (QED) is 0.775. The molecule has 0 amide bonds. The van der Waals surface area contributed by atoms with Gasteiger partial charge in [0, 0.05) is 5.56 Å². The zero-order valence-electron chi connectivity index (χ0n) is 6.59. The molecule has 5 heteroatoms. The summed E-state index contributed by atoms with van der Waals surface area (Å²) in [7, 11) is 0. The van der Waals surface area contributed by atoms with Crippen LogP contribution in [0.1, 0.15) is 11.6 Å².